The molecule has 0 saturated heterocycles. The quantitative estimate of drug-likeness (QED) is 0.477. The molecule has 0 spiro atoms. The van der Waals surface area contributed by atoms with E-state index >= 15 is 0 Å². The first kappa shape index (κ1) is 12.1. The third-order valence-corrected chi connectivity index (χ3v) is 3.90. The fraction of sp³-hybridized carbons (Fsp3) is 0.556. The van der Waals surface area contributed by atoms with Crippen molar-refractivity contribution < 1.29 is 4.74 Å². The summed E-state index contributed by atoms with van der Waals surface area (Å²) in [4.78, 5) is 1.23. The molecule has 0 aliphatic carbocycles. The van der Waals surface area contributed by atoms with Crippen LogP contribution in [0.4, 0.5) is 0 Å². The van der Waals surface area contributed by atoms with Gasteiger partial charge in [0.05, 0.1) is 6.04 Å². The van der Waals surface area contributed by atoms with Gasteiger partial charge in [-0.1, -0.05) is 0 Å². The van der Waals surface area contributed by atoms with Crippen molar-refractivity contribution in [3.63, 3.8) is 0 Å². The van der Waals surface area contributed by atoms with Crippen LogP contribution in [0.1, 0.15) is 24.3 Å². The van der Waals surface area contributed by atoms with Crippen molar-refractivity contribution in [2.24, 2.45) is 5.84 Å². The van der Waals surface area contributed by atoms with E-state index in [2.05, 4.69) is 21.4 Å². The molecule has 0 aliphatic rings. The fourth-order valence-electron chi connectivity index (χ4n) is 1.19. The van der Waals surface area contributed by atoms with E-state index in [9.17, 15) is 0 Å². The standard InChI is InChI=1S/C9H15BrN2OS/c1-2-13-5-3-8(12-11)9-7(10)4-6-14-9/h4,6,8,12H,2-3,5,11H2,1H3. The number of halogens is 1. The van der Waals surface area contributed by atoms with Gasteiger partial charge in [-0.15, -0.1) is 11.3 Å². The Kier molecular flexibility index (Phi) is 5.66. The lowest BCUT2D eigenvalue weighted by Crippen LogP contribution is -2.28. The topological polar surface area (TPSA) is 47.3 Å². The van der Waals surface area contributed by atoms with Crippen LogP contribution in [0.5, 0.6) is 0 Å². The number of thiophene rings is 1. The second kappa shape index (κ2) is 6.53. The zero-order valence-corrected chi connectivity index (χ0v) is 10.5. The SMILES string of the molecule is CCOCCC(NN)c1sccc1Br. The number of hydrogen-bond donors (Lipinski definition) is 2. The van der Waals surface area contributed by atoms with Gasteiger partial charge in [0.15, 0.2) is 0 Å². The Morgan fingerprint density at radius 2 is 2.50 bits per heavy atom. The van der Waals surface area contributed by atoms with Gasteiger partial charge in [0.2, 0.25) is 0 Å². The van der Waals surface area contributed by atoms with E-state index in [0.717, 1.165) is 24.1 Å². The minimum absolute atomic E-state index is 0.177. The van der Waals surface area contributed by atoms with Crippen molar-refractivity contribution in [3.05, 3.63) is 20.8 Å². The summed E-state index contributed by atoms with van der Waals surface area (Å²) >= 11 is 5.19. The van der Waals surface area contributed by atoms with E-state index in [1.165, 1.54) is 4.88 Å². The van der Waals surface area contributed by atoms with Gasteiger partial charge in [-0.3, -0.25) is 11.3 Å². The summed E-state index contributed by atoms with van der Waals surface area (Å²) in [6.07, 6.45) is 0.892. The van der Waals surface area contributed by atoms with E-state index in [4.69, 9.17) is 10.6 Å². The highest BCUT2D eigenvalue weighted by Gasteiger charge is 2.13. The molecular weight excluding hydrogens is 264 g/mol. The molecule has 1 aromatic heterocycles. The minimum Gasteiger partial charge on any atom is -0.382 e. The summed E-state index contributed by atoms with van der Waals surface area (Å²) < 4.78 is 6.41. The van der Waals surface area contributed by atoms with Gasteiger partial charge in [0.1, 0.15) is 0 Å². The van der Waals surface area contributed by atoms with Crippen LogP contribution in [0.3, 0.4) is 0 Å². The Labute approximate surface area is 96.7 Å². The zero-order chi connectivity index (χ0) is 10.4. The van der Waals surface area contributed by atoms with Crippen LogP contribution in [0, 0.1) is 0 Å². The smallest absolute Gasteiger partial charge is 0.0586 e. The van der Waals surface area contributed by atoms with Crippen molar-refractivity contribution in [2.45, 2.75) is 19.4 Å². The predicted octanol–water partition coefficient (Wildman–Crippen LogP) is 2.44. The second-order valence-corrected chi connectivity index (χ2v) is 4.64. The number of hydrazine groups is 1. The molecule has 14 heavy (non-hydrogen) atoms. The molecule has 0 fully saturated rings. The molecule has 80 valence electrons. The molecule has 1 aromatic rings. The lowest BCUT2D eigenvalue weighted by molar-refractivity contribution is 0.136. The van der Waals surface area contributed by atoms with Crippen LogP contribution in [0.25, 0.3) is 0 Å². The van der Waals surface area contributed by atoms with Gasteiger partial charge in [0.25, 0.3) is 0 Å². The van der Waals surface area contributed by atoms with Crippen molar-refractivity contribution >= 4 is 27.3 Å². The van der Waals surface area contributed by atoms with Crippen LogP contribution in [0.15, 0.2) is 15.9 Å². The Bertz CT molecular complexity index is 267. The van der Waals surface area contributed by atoms with Gasteiger partial charge < -0.3 is 4.74 Å². The summed E-state index contributed by atoms with van der Waals surface area (Å²) in [6, 6.07) is 2.21. The molecule has 0 bridgehead atoms. The molecule has 1 atom stereocenters. The largest absolute Gasteiger partial charge is 0.382 e. The van der Waals surface area contributed by atoms with E-state index in [1.807, 2.05) is 18.4 Å². The third kappa shape index (κ3) is 3.33. The summed E-state index contributed by atoms with van der Waals surface area (Å²) in [6.45, 7) is 3.48. The van der Waals surface area contributed by atoms with Crippen LogP contribution in [0.2, 0.25) is 0 Å². The monoisotopic (exact) mass is 278 g/mol. The Morgan fingerprint density at radius 3 is 3.00 bits per heavy atom. The summed E-state index contributed by atoms with van der Waals surface area (Å²) in [5.41, 5.74) is 2.80. The van der Waals surface area contributed by atoms with E-state index in [-0.39, 0.29) is 6.04 Å². The molecule has 0 saturated carbocycles. The van der Waals surface area contributed by atoms with E-state index < -0.39 is 0 Å². The number of hydrogen-bond acceptors (Lipinski definition) is 4. The van der Waals surface area contributed by atoms with Crippen molar-refractivity contribution in [2.75, 3.05) is 13.2 Å². The lowest BCUT2D eigenvalue weighted by atomic mass is 10.2. The van der Waals surface area contributed by atoms with E-state index in [0.29, 0.717) is 0 Å². The minimum atomic E-state index is 0.177. The molecule has 0 amide bonds. The first-order valence-electron chi connectivity index (χ1n) is 4.56. The number of nitrogens with one attached hydrogen (secondary N) is 1. The maximum atomic E-state index is 5.50. The van der Waals surface area contributed by atoms with Crippen molar-refractivity contribution in [1.82, 2.24) is 5.43 Å². The highest BCUT2D eigenvalue weighted by atomic mass is 79.9. The van der Waals surface area contributed by atoms with Gasteiger partial charge in [-0.2, -0.15) is 0 Å². The molecule has 1 unspecified atom stereocenters. The van der Waals surface area contributed by atoms with Crippen molar-refractivity contribution in [1.29, 1.82) is 0 Å². The Morgan fingerprint density at radius 1 is 1.71 bits per heavy atom. The Balaban J connectivity index is 2.50. The highest BCUT2D eigenvalue weighted by Crippen LogP contribution is 2.30. The van der Waals surface area contributed by atoms with Crippen LogP contribution in [-0.4, -0.2) is 13.2 Å². The maximum absolute atomic E-state index is 5.50. The molecule has 0 aliphatic heterocycles. The third-order valence-electron chi connectivity index (χ3n) is 1.92. The van der Waals surface area contributed by atoms with Crippen LogP contribution < -0.4 is 11.3 Å². The molecule has 3 nitrogen and oxygen atoms in total. The van der Waals surface area contributed by atoms with Crippen LogP contribution in [-0.2, 0) is 4.74 Å². The predicted molar refractivity (Wildman–Crippen MR) is 63.2 cm³/mol. The molecule has 3 N–H and O–H groups in total. The van der Waals surface area contributed by atoms with Gasteiger partial charge in [-0.25, -0.2) is 0 Å². The van der Waals surface area contributed by atoms with Crippen molar-refractivity contribution in [3.8, 4) is 0 Å². The zero-order valence-electron chi connectivity index (χ0n) is 8.13. The van der Waals surface area contributed by atoms with E-state index in [1.54, 1.807) is 11.3 Å². The van der Waals surface area contributed by atoms with Gasteiger partial charge in [0, 0.05) is 22.6 Å². The number of rotatable bonds is 6. The molecule has 1 heterocycles. The first-order chi connectivity index (χ1) is 6.79. The highest BCUT2D eigenvalue weighted by molar-refractivity contribution is 9.10. The average Bonchev–Trinajstić information content (AvgIpc) is 2.60. The molecule has 0 radical (unpaired) electrons. The summed E-state index contributed by atoms with van der Waals surface area (Å²) in [5.74, 6) is 5.50. The maximum Gasteiger partial charge on any atom is 0.0586 e. The molecule has 0 aromatic carbocycles. The first-order valence-corrected chi connectivity index (χ1v) is 6.23. The molecule has 1 rings (SSSR count). The Hall–Kier alpha value is 0.0600. The number of ether oxygens (including phenoxy) is 1. The average molecular weight is 279 g/mol. The lowest BCUT2D eigenvalue weighted by Gasteiger charge is -2.14. The van der Waals surface area contributed by atoms with Gasteiger partial charge >= 0.3 is 0 Å². The number of nitrogens with two attached hydrogens (primary N) is 1. The summed E-state index contributed by atoms with van der Waals surface area (Å²) in [5, 5.41) is 2.05. The fourth-order valence-corrected chi connectivity index (χ4v) is 2.94. The molecule has 5 heteroatoms. The van der Waals surface area contributed by atoms with Crippen LogP contribution >= 0.6 is 27.3 Å². The summed E-state index contributed by atoms with van der Waals surface area (Å²) in [7, 11) is 0. The normalized spacial score (nSPS) is 13.1. The molecular formula is C9H15BrN2OS. The second-order valence-electron chi connectivity index (χ2n) is 2.84. The van der Waals surface area contributed by atoms with Gasteiger partial charge in [-0.05, 0) is 40.7 Å².